The fraction of sp³-hybridized carbons (Fsp3) is 0.435. The molecule has 0 unspecified atom stereocenters. The Kier molecular flexibility index (Phi) is 7.29. The number of rotatable bonds is 6. The number of carbonyl (C=O) groups is 1. The van der Waals surface area contributed by atoms with Gasteiger partial charge in [0.15, 0.2) is 0 Å². The number of anilines is 1. The lowest BCUT2D eigenvalue weighted by Crippen LogP contribution is -2.43. The molecule has 6 nitrogen and oxygen atoms in total. The van der Waals surface area contributed by atoms with Crippen molar-refractivity contribution in [1.82, 2.24) is 4.31 Å². The summed E-state index contributed by atoms with van der Waals surface area (Å²) in [5, 5.41) is 3.44. The molecule has 168 valence electrons. The van der Waals surface area contributed by atoms with Crippen LogP contribution in [0, 0.1) is 12.8 Å². The monoisotopic (exact) mass is 464 g/mol. The highest BCUT2D eigenvalue weighted by Crippen LogP contribution is 2.33. The maximum absolute atomic E-state index is 13.5. The van der Waals surface area contributed by atoms with Gasteiger partial charge in [0.05, 0.1) is 13.0 Å². The van der Waals surface area contributed by atoms with Gasteiger partial charge >= 0.3 is 0 Å². The van der Waals surface area contributed by atoms with Crippen molar-refractivity contribution in [2.24, 2.45) is 5.92 Å². The highest BCUT2D eigenvalue weighted by molar-refractivity contribution is 7.89. The second-order valence-corrected chi connectivity index (χ2v) is 10.6. The summed E-state index contributed by atoms with van der Waals surface area (Å²) >= 11 is 6.05. The topological polar surface area (TPSA) is 75.7 Å². The van der Waals surface area contributed by atoms with Crippen LogP contribution in [0.3, 0.4) is 0 Å². The van der Waals surface area contributed by atoms with E-state index in [2.05, 4.69) is 5.32 Å². The molecular formula is C23H29ClN2O4S. The Morgan fingerprint density at radius 2 is 1.97 bits per heavy atom. The van der Waals surface area contributed by atoms with Crippen molar-refractivity contribution in [3.8, 4) is 5.75 Å². The first-order chi connectivity index (χ1) is 14.6. The van der Waals surface area contributed by atoms with Gasteiger partial charge in [-0.2, -0.15) is 4.31 Å². The Balaban J connectivity index is 1.83. The smallest absolute Gasteiger partial charge is 0.246 e. The fourth-order valence-corrected chi connectivity index (χ4v) is 5.62. The summed E-state index contributed by atoms with van der Waals surface area (Å²) in [5.41, 5.74) is 2.46. The number of amides is 1. The third-order valence-corrected chi connectivity index (χ3v) is 7.81. The Labute approximate surface area is 189 Å². The Hall–Kier alpha value is -2.09. The Morgan fingerprint density at radius 1 is 1.23 bits per heavy atom. The van der Waals surface area contributed by atoms with Crippen molar-refractivity contribution in [2.75, 3.05) is 25.5 Å². The third-order valence-electron chi connectivity index (χ3n) is 5.68. The van der Waals surface area contributed by atoms with Gasteiger partial charge in [0.25, 0.3) is 0 Å². The van der Waals surface area contributed by atoms with Gasteiger partial charge in [-0.3, -0.25) is 4.79 Å². The number of sulfonamides is 1. The van der Waals surface area contributed by atoms with Crippen LogP contribution in [0.2, 0.25) is 5.02 Å². The molecule has 0 radical (unpaired) electrons. The number of piperidine rings is 1. The number of aryl methyl sites for hydroxylation is 1. The van der Waals surface area contributed by atoms with Crippen LogP contribution in [0.1, 0.15) is 43.7 Å². The van der Waals surface area contributed by atoms with Crippen LogP contribution in [-0.4, -0.2) is 38.8 Å². The highest BCUT2D eigenvalue weighted by Gasteiger charge is 2.35. The van der Waals surface area contributed by atoms with Gasteiger partial charge in [0, 0.05) is 23.8 Å². The van der Waals surface area contributed by atoms with Crippen molar-refractivity contribution in [1.29, 1.82) is 0 Å². The summed E-state index contributed by atoms with van der Waals surface area (Å²) in [7, 11) is -2.35. The average molecular weight is 465 g/mol. The van der Waals surface area contributed by atoms with Gasteiger partial charge < -0.3 is 10.1 Å². The molecule has 0 spiro atoms. The van der Waals surface area contributed by atoms with Crippen molar-refractivity contribution < 1.29 is 17.9 Å². The van der Waals surface area contributed by atoms with E-state index in [1.807, 2.05) is 32.9 Å². The van der Waals surface area contributed by atoms with Gasteiger partial charge in [-0.05, 0) is 61.1 Å². The van der Waals surface area contributed by atoms with E-state index >= 15 is 0 Å². The highest BCUT2D eigenvalue weighted by atomic mass is 35.5. The Morgan fingerprint density at radius 3 is 2.65 bits per heavy atom. The average Bonchev–Trinajstić information content (AvgIpc) is 2.75. The molecule has 1 N–H and O–H groups in total. The molecule has 8 heteroatoms. The maximum Gasteiger partial charge on any atom is 0.246 e. The largest absolute Gasteiger partial charge is 0.495 e. The predicted octanol–water partition coefficient (Wildman–Crippen LogP) is 4.82. The zero-order chi connectivity index (χ0) is 22.8. The molecule has 1 aliphatic heterocycles. The zero-order valence-electron chi connectivity index (χ0n) is 18.3. The van der Waals surface area contributed by atoms with Crippen molar-refractivity contribution >= 4 is 33.2 Å². The molecule has 1 aliphatic rings. The second-order valence-electron chi connectivity index (χ2n) is 8.22. The molecule has 31 heavy (non-hydrogen) atoms. The fourth-order valence-electron chi connectivity index (χ4n) is 3.73. The van der Waals surface area contributed by atoms with Crippen molar-refractivity contribution in [3.63, 3.8) is 0 Å². The minimum absolute atomic E-state index is 0.128. The number of halogens is 1. The summed E-state index contributed by atoms with van der Waals surface area (Å²) < 4.78 is 33.7. The molecule has 3 rings (SSSR count). The van der Waals surface area contributed by atoms with Gasteiger partial charge in [0.2, 0.25) is 15.9 Å². The third kappa shape index (κ3) is 5.22. The molecule has 0 saturated carbocycles. The number of carbonyl (C=O) groups excluding carboxylic acids is 1. The van der Waals surface area contributed by atoms with E-state index in [-0.39, 0.29) is 23.3 Å². The molecular weight excluding hydrogens is 436 g/mol. The van der Waals surface area contributed by atoms with Crippen molar-refractivity contribution in [2.45, 2.75) is 44.4 Å². The van der Waals surface area contributed by atoms with E-state index in [4.69, 9.17) is 16.3 Å². The van der Waals surface area contributed by atoms with Crippen LogP contribution in [0.5, 0.6) is 5.75 Å². The standard InChI is InChI=1S/C23H29ClN2O4S/c1-15(2)17-8-10-21(30-4)22(12-17)31(28,29)26-11-5-6-18(14-26)23(27)25-20-13-19(24)9-7-16(20)3/h7-10,12-13,15,18H,5-6,11,14H2,1-4H3,(H,25,27)/t18-/m0/s1. The van der Waals surface area contributed by atoms with Crippen LogP contribution in [0.15, 0.2) is 41.3 Å². The minimum Gasteiger partial charge on any atom is -0.495 e. The first-order valence-corrected chi connectivity index (χ1v) is 12.2. The Bertz CT molecular complexity index is 1070. The number of hydrogen-bond acceptors (Lipinski definition) is 4. The van der Waals surface area contributed by atoms with Crippen LogP contribution in [-0.2, 0) is 14.8 Å². The number of nitrogens with zero attached hydrogens (tertiary/aromatic N) is 1. The molecule has 0 aromatic heterocycles. The lowest BCUT2D eigenvalue weighted by atomic mass is 9.98. The summed E-state index contributed by atoms with van der Waals surface area (Å²) in [6, 6.07) is 10.6. The number of benzene rings is 2. The summed E-state index contributed by atoms with van der Waals surface area (Å²) in [6.45, 7) is 6.41. The van der Waals surface area contributed by atoms with Crippen molar-refractivity contribution in [3.05, 3.63) is 52.5 Å². The number of nitrogens with one attached hydrogen (secondary N) is 1. The normalized spacial score (nSPS) is 17.5. The zero-order valence-corrected chi connectivity index (χ0v) is 19.9. The van der Waals surface area contributed by atoms with E-state index in [1.165, 1.54) is 11.4 Å². The van der Waals surface area contributed by atoms with Gasteiger partial charge in [0.1, 0.15) is 10.6 Å². The van der Waals surface area contributed by atoms with E-state index < -0.39 is 15.9 Å². The van der Waals surface area contributed by atoms with Gasteiger partial charge in [-0.1, -0.05) is 37.6 Å². The molecule has 1 atom stereocenters. The quantitative estimate of drug-likeness (QED) is 0.664. The van der Waals surface area contributed by atoms with Crippen LogP contribution >= 0.6 is 11.6 Å². The predicted molar refractivity (Wildman–Crippen MR) is 123 cm³/mol. The van der Waals surface area contributed by atoms with E-state index in [9.17, 15) is 13.2 Å². The molecule has 1 fully saturated rings. The molecule has 0 aliphatic carbocycles. The maximum atomic E-state index is 13.5. The molecule has 1 saturated heterocycles. The minimum atomic E-state index is -3.81. The van der Waals surface area contributed by atoms with E-state index in [0.717, 1.165) is 11.1 Å². The van der Waals surface area contributed by atoms with E-state index in [1.54, 1.807) is 24.3 Å². The van der Waals surface area contributed by atoms with Crippen LogP contribution in [0.4, 0.5) is 5.69 Å². The van der Waals surface area contributed by atoms with Gasteiger partial charge in [-0.25, -0.2) is 8.42 Å². The summed E-state index contributed by atoms with van der Waals surface area (Å²) in [6.07, 6.45) is 1.23. The first kappa shape index (κ1) is 23.6. The van der Waals surface area contributed by atoms with E-state index in [0.29, 0.717) is 35.8 Å². The second kappa shape index (κ2) is 9.59. The molecule has 2 aromatic carbocycles. The molecule has 1 heterocycles. The summed E-state index contributed by atoms with van der Waals surface area (Å²) in [4.78, 5) is 13.1. The summed E-state index contributed by atoms with van der Waals surface area (Å²) in [5.74, 6) is -0.152. The van der Waals surface area contributed by atoms with Gasteiger partial charge in [-0.15, -0.1) is 0 Å². The molecule has 2 aromatic rings. The number of hydrogen-bond donors (Lipinski definition) is 1. The number of ether oxygens (including phenoxy) is 1. The molecule has 1 amide bonds. The van der Waals surface area contributed by atoms with Crippen LogP contribution in [0.25, 0.3) is 0 Å². The SMILES string of the molecule is COc1ccc(C(C)C)cc1S(=O)(=O)N1CCC[C@H](C(=O)Nc2cc(Cl)ccc2C)C1. The first-order valence-electron chi connectivity index (χ1n) is 10.4. The molecule has 0 bridgehead atoms. The lowest BCUT2D eigenvalue weighted by molar-refractivity contribution is -0.120. The van der Waals surface area contributed by atoms with Crippen LogP contribution < -0.4 is 10.1 Å². The number of methoxy groups -OCH3 is 1. The lowest BCUT2D eigenvalue weighted by Gasteiger charge is -2.31.